The molecule has 1 fully saturated rings. The molecule has 1 heterocycles. The Morgan fingerprint density at radius 2 is 1.04 bits per heavy atom. The van der Waals surface area contributed by atoms with Crippen LogP contribution in [0.25, 0.3) is 24.3 Å². The van der Waals surface area contributed by atoms with E-state index in [-0.39, 0.29) is 18.5 Å². The van der Waals surface area contributed by atoms with Crippen molar-refractivity contribution in [2.75, 3.05) is 69.2 Å². The zero-order valence-electron chi connectivity index (χ0n) is 32.5. The number of nitrogens with zero attached hydrogens (tertiary/aromatic N) is 3. The van der Waals surface area contributed by atoms with Crippen LogP contribution in [0.2, 0.25) is 0 Å². The van der Waals surface area contributed by atoms with Crippen LogP contribution in [0.5, 0.6) is 23.0 Å². The van der Waals surface area contributed by atoms with Crippen LogP contribution in [0.15, 0.2) is 99.1 Å². The van der Waals surface area contributed by atoms with Gasteiger partial charge in [-0.25, -0.2) is 8.42 Å². The van der Waals surface area contributed by atoms with Crippen LogP contribution in [-0.2, 0) is 29.5 Å². The van der Waals surface area contributed by atoms with Gasteiger partial charge < -0.3 is 33.3 Å². The molecule has 0 unspecified atom stereocenters. The molecular formula is C41H49N3O10S2. The highest BCUT2D eigenvalue weighted by Gasteiger charge is 2.26. The minimum absolute atomic E-state index is 0.0861. The van der Waals surface area contributed by atoms with Gasteiger partial charge in [0.15, 0.2) is 36.6 Å². The highest BCUT2D eigenvalue weighted by molar-refractivity contribution is 7.90. The van der Waals surface area contributed by atoms with E-state index in [1.807, 2.05) is 66.8 Å². The monoisotopic (exact) mass is 807 g/mol. The molecule has 0 aromatic heterocycles. The number of ether oxygens (including phenoxy) is 6. The van der Waals surface area contributed by atoms with Crippen LogP contribution >= 0.6 is 0 Å². The summed E-state index contributed by atoms with van der Waals surface area (Å²) in [5, 5.41) is 0. The third-order valence-corrected chi connectivity index (χ3v) is 11.3. The smallest absolute Gasteiger partial charge is 0.283 e. The maximum Gasteiger partial charge on any atom is 0.283 e. The van der Waals surface area contributed by atoms with Crippen molar-refractivity contribution in [1.82, 2.24) is 9.21 Å². The molecule has 0 aliphatic carbocycles. The molecule has 0 saturated carbocycles. The minimum atomic E-state index is -3.72. The van der Waals surface area contributed by atoms with E-state index < -0.39 is 20.0 Å². The van der Waals surface area contributed by atoms with E-state index in [9.17, 15) is 16.8 Å². The van der Waals surface area contributed by atoms with E-state index in [0.29, 0.717) is 41.0 Å². The zero-order chi connectivity index (χ0) is 40.6. The lowest BCUT2D eigenvalue weighted by Gasteiger charge is -2.15. The maximum atomic E-state index is 12.5. The molecule has 0 bridgehead atoms. The predicted molar refractivity (Wildman–Crippen MR) is 219 cm³/mol. The Morgan fingerprint density at radius 3 is 1.54 bits per heavy atom. The van der Waals surface area contributed by atoms with Crippen LogP contribution < -0.4 is 18.9 Å². The summed E-state index contributed by atoms with van der Waals surface area (Å²) >= 11 is 0. The van der Waals surface area contributed by atoms with Crippen molar-refractivity contribution < 1.29 is 45.3 Å². The van der Waals surface area contributed by atoms with Crippen LogP contribution in [0.1, 0.15) is 35.1 Å². The fourth-order valence-electron chi connectivity index (χ4n) is 5.24. The highest BCUT2D eigenvalue weighted by atomic mass is 32.2. The number of hydrogen-bond acceptors (Lipinski definition) is 10. The Kier molecular flexibility index (Phi) is 16.5. The van der Waals surface area contributed by atoms with Crippen LogP contribution in [-0.4, -0.2) is 102 Å². The SMILES string of the molecule is COCOc1ccc(C=Cc2ccc(S(=O)(=O)N=CN(C)C)cc2)cc1OCOC.COc1ccc(C=Cc2ccc(S(=O)(=O)N3CCCC3)cc2)cc1OC. The van der Waals surface area contributed by atoms with Gasteiger partial charge in [-0.1, -0.05) is 60.7 Å². The number of sulfonamides is 2. The first-order valence-corrected chi connectivity index (χ1v) is 20.4. The Balaban J connectivity index is 0.000000251. The second-order valence-corrected chi connectivity index (χ2v) is 16.1. The number of benzene rings is 4. The van der Waals surface area contributed by atoms with Gasteiger partial charge in [0, 0.05) is 41.4 Å². The maximum absolute atomic E-state index is 12.5. The van der Waals surface area contributed by atoms with Crippen LogP contribution in [0.3, 0.4) is 0 Å². The molecule has 1 aliphatic heterocycles. The van der Waals surface area contributed by atoms with E-state index in [0.717, 1.165) is 35.1 Å². The molecule has 0 spiro atoms. The molecule has 0 atom stereocenters. The third kappa shape index (κ3) is 12.7. The lowest BCUT2D eigenvalue weighted by atomic mass is 10.1. The third-order valence-electron chi connectivity index (χ3n) is 8.15. The van der Waals surface area contributed by atoms with Gasteiger partial charge in [0.1, 0.15) is 6.34 Å². The zero-order valence-corrected chi connectivity index (χ0v) is 34.1. The number of rotatable bonds is 17. The van der Waals surface area contributed by atoms with Crippen molar-refractivity contribution >= 4 is 50.7 Å². The largest absolute Gasteiger partial charge is 0.493 e. The summed E-state index contributed by atoms with van der Waals surface area (Å²) in [6.45, 7) is 1.42. The standard InChI is InChI=1S/C21H26N2O6S.C20H23NO4S/c1-23(2)14-22-30(24,25)19-10-7-17(8-11-19)5-6-18-9-12-20(28-15-26-3)21(13-18)29-16-27-4;1-24-19-12-9-17(15-20(19)25-2)6-5-16-7-10-18(11-8-16)26(22,23)21-13-3-4-14-21/h5-14H,15-16H2,1-4H3;5-12,15H,3-4,13-14H2,1-2H3. The summed E-state index contributed by atoms with van der Waals surface area (Å²) < 4.78 is 86.0. The van der Waals surface area contributed by atoms with Gasteiger partial charge in [-0.15, -0.1) is 4.40 Å². The molecule has 0 amide bonds. The first kappa shape index (κ1) is 43.5. The van der Waals surface area contributed by atoms with Crippen molar-refractivity contribution in [3.05, 3.63) is 107 Å². The minimum Gasteiger partial charge on any atom is -0.493 e. The molecule has 5 rings (SSSR count). The molecule has 4 aromatic rings. The Hall–Kier alpha value is -5.19. The van der Waals surface area contributed by atoms with Gasteiger partial charge in [-0.2, -0.15) is 12.7 Å². The normalized spacial score (nSPS) is 13.5. The quantitative estimate of drug-likeness (QED) is 0.0484. The van der Waals surface area contributed by atoms with E-state index in [1.54, 1.807) is 67.9 Å². The average Bonchev–Trinajstić information content (AvgIpc) is 3.77. The van der Waals surface area contributed by atoms with Gasteiger partial charge >= 0.3 is 0 Å². The Bertz CT molecular complexity index is 2160. The number of methoxy groups -OCH3 is 4. The summed E-state index contributed by atoms with van der Waals surface area (Å²) in [4.78, 5) is 2.04. The van der Waals surface area contributed by atoms with Gasteiger partial charge in [-0.3, -0.25) is 0 Å². The fourth-order valence-corrected chi connectivity index (χ4v) is 7.67. The van der Waals surface area contributed by atoms with E-state index >= 15 is 0 Å². The first-order chi connectivity index (χ1) is 26.9. The van der Waals surface area contributed by atoms with Crippen molar-refractivity contribution in [3.63, 3.8) is 0 Å². The van der Waals surface area contributed by atoms with Crippen molar-refractivity contribution in [1.29, 1.82) is 0 Å². The highest BCUT2D eigenvalue weighted by Crippen LogP contribution is 2.30. The fraction of sp³-hybridized carbons (Fsp3) is 0.293. The van der Waals surface area contributed by atoms with Crippen molar-refractivity contribution in [2.24, 2.45) is 4.40 Å². The molecule has 15 heteroatoms. The van der Waals surface area contributed by atoms with E-state index in [4.69, 9.17) is 28.4 Å². The Morgan fingerprint density at radius 1 is 0.589 bits per heavy atom. The molecule has 300 valence electrons. The summed E-state index contributed by atoms with van der Waals surface area (Å²) in [6, 6.07) is 24.6. The predicted octanol–water partition coefficient (Wildman–Crippen LogP) is 6.76. The lowest BCUT2D eigenvalue weighted by Crippen LogP contribution is -2.27. The van der Waals surface area contributed by atoms with Crippen LogP contribution in [0.4, 0.5) is 0 Å². The summed E-state index contributed by atoms with van der Waals surface area (Å²) in [7, 11) is 2.61. The summed E-state index contributed by atoms with van der Waals surface area (Å²) in [5.41, 5.74) is 3.61. The van der Waals surface area contributed by atoms with Gasteiger partial charge in [0.25, 0.3) is 10.0 Å². The molecule has 0 N–H and O–H groups in total. The molecule has 4 aromatic carbocycles. The topological polar surface area (TPSA) is 142 Å². The molecular weight excluding hydrogens is 759 g/mol. The second-order valence-electron chi connectivity index (χ2n) is 12.5. The van der Waals surface area contributed by atoms with E-state index in [1.165, 1.54) is 32.7 Å². The molecule has 0 radical (unpaired) electrons. The molecule has 1 saturated heterocycles. The Labute approximate surface area is 330 Å². The second kappa shape index (κ2) is 21.2. The van der Waals surface area contributed by atoms with E-state index in [2.05, 4.69) is 4.40 Å². The van der Waals surface area contributed by atoms with Gasteiger partial charge in [0.05, 0.1) is 24.0 Å². The van der Waals surface area contributed by atoms with Crippen LogP contribution in [0, 0.1) is 0 Å². The lowest BCUT2D eigenvalue weighted by molar-refractivity contribution is 0.0322. The number of hydrogen-bond donors (Lipinski definition) is 0. The summed E-state index contributed by atoms with van der Waals surface area (Å²) in [5.74, 6) is 2.41. The molecule has 56 heavy (non-hydrogen) atoms. The summed E-state index contributed by atoms with van der Waals surface area (Å²) in [6.07, 6.45) is 10.8. The van der Waals surface area contributed by atoms with Gasteiger partial charge in [-0.05, 0) is 83.6 Å². The average molecular weight is 808 g/mol. The first-order valence-electron chi connectivity index (χ1n) is 17.5. The van der Waals surface area contributed by atoms with Crippen molar-refractivity contribution in [2.45, 2.75) is 22.6 Å². The van der Waals surface area contributed by atoms with Gasteiger partial charge in [0.2, 0.25) is 10.0 Å². The molecule has 1 aliphatic rings. The van der Waals surface area contributed by atoms with Crippen molar-refractivity contribution in [3.8, 4) is 23.0 Å². The molecule has 13 nitrogen and oxygen atoms in total.